The maximum atomic E-state index is 13.3. The standard InChI is InChI=1S/C13H16BrClFNO/c1-3-13(2,7-8-14)17-12(18)9-5-4-6-10(16)11(9)15/h4-6H,3,7-8H2,1-2H3,(H,17,18). The fraction of sp³-hybridized carbons (Fsp3) is 0.462. The second-order valence-corrected chi connectivity index (χ2v) is 5.58. The van der Waals surface area contributed by atoms with Gasteiger partial charge in [-0.1, -0.05) is 40.5 Å². The van der Waals surface area contributed by atoms with E-state index in [9.17, 15) is 9.18 Å². The summed E-state index contributed by atoms with van der Waals surface area (Å²) in [5, 5.41) is 3.56. The van der Waals surface area contributed by atoms with E-state index in [1.54, 1.807) is 0 Å². The molecule has 0 heterocycles. The minimum atomic E-state index is -0.581. The highest BCUT2D eigenvalue weighted by Gasteiger charge is 2.25. The van der Waals surface area contributed by atoms with E-state index in [1.165, 1.54) is 18.2 Å². The second-order valence-electron chi connectivity index (χ2n) is 4.41. The molecule has 100 valence electrons. The predicted molar refractivity (Wildman–Crippen MR) is 76.0 cm³/mol. The number of hydrogen-bond acceptors (Lipinski definition) is 1. The van der Waals surface area contributed by atoms with Crippen LogP contribution in [0.4, 0.5) is 4.39 Å². The topological polar surface area (TPSA) is 29.1 Å². The first-order valence-corrected chi connectivity index (χ1v) is 7.26. The van der Waals surface area contributed by atoms with Crippen LogP contribution in [0.1, 0.15) is 37.0 Å². The van der Waals surface area contributed by atoms with Gasteiger partial charge in [0.15, 0.2) is 0 Å². The highest BCUT2D eigenvalue weighted by molar-refractivity contribution is 9.09. The molecule has 0 aliphatic rings. The van der Waals surface area contributed by atoms with Crippen LogP contribution in [-0.4, -0.2) is 16.8 Å². The lowest BCUT2D eigenvalue weighted by molar-refractivity contribution is 0.0901. The van der Waals surface area contributed by atoms with Crippen LogP contribution < -0.4 is 5.32 Å². The Bertz CT molecular complexity index is 441. The first-order valence-electron chi connectivity index (χ1n) is 5.76. The van der Waals surface area contributed by atoms with Gasteiger partial charge in [-0.05, 0) is 31.9 Å². The number of amides is 1. The molecule has 1 unspecified atom stereocenters. The summed E-state index contributed by atoms with van der Waals surface area (Å²) < 4.78 is 13.3. The summed E-state index contributed by atoms with van der Waals surface area (Å²) in [7, 11) is 0. The molecule has 1 atom stereocenters. The van der Waals surface area contributed by atoms with Crippen LogP contribution in [0, 0.1) is 5.82 Å². The lowest BCUT2D eigenvalue weighted by atomic mass is 9.95. The molecule has 0 saturated heterocycles. The van der Waals surface area contributed by atoms with Crippen molar-refractivity contribution in [3.8, 4) is 0 Å². The first-order chi connectivity index (χ1) is 8.43. The number of nitrogens with one attached hydrogen (secondary N) is 1. The number of carbonyl (C=O) groups is 1. The quantitative estimate of drug-likeness (QED) is 0.804. The average molecular weight is 337 g/mol. The van der Waals surface area contributed by atoms with Crippen LogP contribution in [0.15, 0.2) is 18.2 Å². The van der Waals surface area contributed by atoms with E-state index in [0.29, 0.717) is 0 Å². The van der Waals surface area contributed by atoms with Crippen molar-refractivity contribution in [2.45, 2.75) is 32.2 Å². The van der Waals surface area contributed by atoms with Gasteiger partial charge >= 0.3 is 0 Å². The Kier molecular flexibility index (Phi) is 5.60. The van der Waals surface area contributed by atoms with Crippen LogP contribution in [0.5, 0.6) is 0 Å². The molecule has 0 aliphatic carbocycles. The number of hydrogen-bond donors (Lipinski definition) is 1. The average Bonchev–Trinajstić information content (AvgIpc) is 2.32. The van der Waals surface area contributed by atoms with Crippen molar-refractivity contribution in [1.82, 2.24) is 5.32 Å². The minimum Gasteiger partial charge on any atom is -0.347 e. The normalized spacial score (nSPS) is 14.1. The van der Waals surface area contributed by atoms with Crippen LogP contribution in [0.25, 0.3) is 0 Å². The molecule has 1 aromatic rings. The molecular weight excluding hydrogens is 321 g/mol. The van der Waals surface area contributed by atoms with E-state index in [0.717, 1.165) is 18.2 Å². The summed E-state index contributed by atoms with van der Waals surface area (Å²) in [6.07, 6.45) is 1.58. The molecule has 1 rings (SSSR count). The first kappa shape index (κ1) is 15.4. The van der Waals surface area contributed by atoms with Crippen molar-refractivity contribution in [2.24, 2.45) is 0 Å². The van der Waals surface area contributed by atoms with Gasteiger partial charge in [-0.25, -0.2) is 4.39 Å². The van der Waals surface area contributed by atoms with Gasteiger partial charge in [-0.15, -0.1) is 0 Å². The Hall–Kier alpha value is -0.610. The molecule has 1 aromatic carbocycles. The van der Waals surface area contributed by atoms with E-state index in [4.69, 9.17) is 11.6 Å². The fourth-order valence-corrected chi connectivity index (χ4v) is 2.64. The minimum absolute atomic E-state index is 0.132. The van der Waals surface area contributed by atoms with Crippen LogP contribution in [-0.2, 0) is 0 Å². The van der Waals surface area contributed by atoms with Gasteiger partial charge in [-0.3, -0.25) is 4.79 Å². The van der Waals surface area contributed by atoms with Gasteiger partial charge in [0.05, 0.1) is 10.6 Å². The number of halogens is 3. The van der Waals surface area contributed by atoms with E-state index < -0.39 is 5.82 Å². The highest BCUT2D eigenvalue weighted by atomic mass is 79.9. The van der Waals surface area contributed by atoms with Crippen molar-refractivity contribution >= 4 is 33.4 Å². The Labute approximate surface area is 120 Å². The Balaban J connectivity index is 2.91. The summed E-state index contributed by atoms with van der Waals surface area (Å²) in [5.41, 5.74) is -0.151. The molecule has 0 saturated carbocycles. The zero-order valence-corrected chi connectivity index (χ0v) is 12.7. The highest BCUT2D eigenvalue weighted by Crippen LogP contribution is 2.22. The number of alkyl halides is 1. The SMILES string of the molecule is CCC(C)(CCBr)NC(=O)c1cccc(F)c1Cl. The fourth-order valence-electron chi connectivity index (χ4n) is 1.56. The van der Waals surface area contributed by atoms with Crippen molar-refractivity contribution in [3.63, 3.8) is 0 Å². The molecule has 0 aromatic heterocycles. The lowest BCUT2D eigenvalue weighted by Crippen LogP contribution is -2.45. The molecule has 0 aliphatic heterocycles. The third kappa shape index (κ3) is 3.69. The molecule has 5 heteroatoms. The van der Waals surface area contributed by atoms with Crippen molar-refractivity contribution in [2.75, 3.05) is 5.33 Å². The molecule has 0 fully saturated rings. The zero-order valence-electron chi connectivity index (χ0n) is 10.4. The maximum Gasteiger partial charge on any atom is 0.253 e. The monoisotopic (exact) mass is 335 g/mol. The van der Waals surface area contributed by atoms with Gasteiger partial charge in [0.25, 0.3) is 5.91 Å². The van der Waals surface area contributed by atoms with Crippen molar-refractivity contribution in [1.29, 1.82) is 0 Å². The summed E-state index contributed by atoms with van der Waals surface area (Å²) in [6, 6.07) is 4.23. The third-order valence-corrected chi connectivity index (χ3v) is 3.82. The molecule has 18 heavy (non-hydrogen) atoms. The van der Waals surface area contributed by atoms with Gasteiger partial charge in [0.1, 0.15) is 5.82 Å². The van der Waals surface area contributed by atoms with Gasteiger partial charge in [0, 0.05) is 10.9 Å². The number of rotatable bonds is 5. The summed E-state index contributed by atoms with van der Waals surface area (Å²) in [5.74, 6) is -0.923. The molecule has 0 radical (unpaired) electrons. The summed E-state index contributed by atoms with van der Waals surface area (Å²) >= 11 is 9.15. The largest absolute Gasteiger partial charge is 0.347 e. The zero-order chi connectivity index (χ0) is 13.8. The third-order valence-electron chi connectivity index (χ3n) is 3.04. The molecule has 2 nitrogen and oxygen atoms in total. The van der Waals surface area contributed by atoms with Gasteiger partial charge in [0.2, 0.25) is 0 Å². The van der Waals surface area contributed by atoms with E-state index in [2.05, 4.69) is 21.2 Å². The Morgan fingerprint density at radius 2 is 2.22 bits per heavy atom. The molecule has 1 N–H and O–H groups in total. The number of benzene rings is 1. The summed E-state index contributed by atoms with van der Waals surface area (Å²) in [4.78, 5) is 12.1. The van der Waals surface area contributed by atoms with Crippen LogP contribution >= 0.6 is 27.5 Å². The summed E-state index contributed by atoms with van der Waals surface area (Å²) in [6.45, 7) is 3.95. The van der Waals surface area contributed by atoms with Gasteiger partial charge < -0.3 is 5.32 Å². The van der Waals surface area contributed by atoms with E-state index >= 15 is 0 Å². The molecule has 0 bridgehead atoms. The van der Waals surface area contributed by atoms with Crippen molar-refractivity contribution < 1.29 is 9.18 Å². The smallest absolute Gasteiger partial charge is 0.253 e. The Morgan fingerprint density at radius 1 is 1.56 bits per heavy atom. The van der Waals surface area contributed by atoms with Crippen LogP contribution in [0.3, 0.4) is 0 Å². The van der Waals surface area contributed by atoms with E-state index in [-0.39, 0.29) is 22.0 Å². The predicted octanol–water partition coefficient (Wildman–Crippen LogP) is 4.16. The molecular formula is C13H16BrClFNO. The maximum absolute atomic E-state index is 13.3. The van der Waals surface area contributed by atoms with Gasteiger partial charge in [-0.2, -0.15) is 0 Å². The van der Waals surface area contributed by atoms with Crippen LogP contribution in [0.2, 0.25) is 5.02 Å². The lowest BCUT2D eigenvalue weighted by Gasteiger charge is -2.29. The van der Waals surface area contributed by atoms with Crippen molar-refractivity contribution in [3.05, 3.63) is 34.6 Å². The molecule has 0 spiro atoms. The Morgan fingerprint density at radius 3 is 2.78 bits per heavy atom. The second kappa shape index (κ2) is 6.53. The van der Waals surface area contributed by atoms with E-state index in [1.807, 2.05) is 13.8 Å². The number of carbonyl (C=O) groups excluding carboxylic acids is 1. The molecule has 1 amide bonds.